The standard InChI is InChI=1S/C17H24N4O4S/c1-3-17(2)8-11-12(10-25-17)26-15-14(11)16(23)21(19-18-15)9-13(22)20-4-6-24-7-5-20/h14-15H,3-10H2,1-2H3. The molecule has 0 bridgehead atoms. The van der Waals surface area contributed by atoms with Gasteiger partial charge in [0.05, 0.1) is 31.3 Å². The van der Waals surface area contributed by atoms with Crippen molar-refractivity contribution in [2.24, 2.45) is 16.3 Å². The second-order valence-electron chi connectivity index (χ2n) is 7.30. The molecule has 3 atom stereocenters. The Kier molecular flexibility index (Phi) is 4.79. The number of carbonyl (C=O) groups is 2. The van der Waals surface area contributed by atoms with E-state index in [1.165, 1.54) is 5.01 Å². The maximum atomic E-state index is 13.1. The molecular weight excluding hydrogens is 356 g/mol. The lowest BCUT2D eigenvalue weighted by molar-refractivity contribution is -0.146. The Morgan fingerprint density at radius 3 is 2.88 bits per heavy atom. The molecule has 3 unspecified atom stereocenters. The van der Waals surface area contributed by atoms with Crippen molar-refractivity contribution in [2.45, 2.75) is 37.7 Å². The van der Waals surface area contributed by atoms with Gasteiger partial charge in [-0.3, -0.25) is 9.59 Å². The van der Waals surface area contributed by atoms with E-state index in [0.717, 1.165) is 23.3 Å². The van der Waals surface area contributed by atoms with Crippen LogP contribution in [0.5, 0.6) is 0 Å². The van der Waals surface area contributed by atoms with E-state index in [1.54, 1.807) is 16.7 Å². The summed E-state index contributed by atoms with van der Waals surface area (Å²) in [5.74, 6) is -0.548. The van der Waals surface area contributed by atoms with E-state index in [-0.39, 0.29) is 35.3 Å². The third-order valence-corrected chi connectivity index (χ3v) is 6.86. The van der Waals surface area contributed by atoms with Crippen molar-refractivity contribution in [2.75, 3.05) is 39.5 Å². The van der Waals surface area contributed by atoms with Gasteiger partial charge in [-0.2, -0.15) is 5.11 Å². The molecule has 0 radical (unpaired) electrons. The summed E-state index contributed by atoms with van der Waals surface area (Å²) in [5.41, 5.74) is 0.889. The zero-order chi connectivity index (χ0) is 18.3. The average molecular weight is 380 g/mol. The summed E-state index contributed by atoms with van der Waals surface area (Å²) in [4.78, 5) is 28.4. The third kappa shape index (κ3) is 3.16. The van der Waals surface area contributed by atoms with Gasteiger partial charge in [-0.15, -0.1) is 0 Å². The Hall–Kier alpha value is -1.45. The van der Waals surface area contributed by atoms with Gasteiger partial charge in [-0.1, -0.05) is 23.9 Å². The Bertz CT molecular complexity index is 676. The van der Waals surface area contributed by atoms with Crippen LogP contribution in [-0.4, -0.2) is 72.2 Å². The van der Waals surface area contributed by atoms with E-state index in [1.807, 2.05) is 0 Å². The van der Waals surface area contributed by atoms with Crippen LogP contribution in [0.2, 0.25) is 0 Å². The van der Waals surface area contributed by atoms with Gasteiger partial charge in [0.25, 0.3) is 5.91 Å². The SMILES string of the molecule is CCC1(C)CC2=C(CO1)SC1N=NN(CC(=O)N3CCOCC3)C(=O)C21. The van der Waals surface area contributed by atoms with Gasteiger partial charge in [-0.05, 0) is 25.3 Å². The second-order valence-corrected chi connectivity index (χ2v) is 8.51. The van der Waals surface area contributed by atoms with Crippen LogP contribution in [0, 0.1) is 5.92 Å². The maximum Gasteiger partial charge on any atom is 0.254 e. The summed E-state index contributed by atoms with van der Waals surface area (Å²) < 4.78 is 11.3. The minimum atomic E-state index is -0.320. The number of hydrogen-bond acceptors (Lipinski definition) is 7. The average Bonchev–Trinajstić information content (AvgIpc) is 3.03. The van der Waals surface area contributed by atoms with Crippen molar-refractivity contribution >= 4 is 23.6 Å². The van der Waals surface area contributed by atoms with Crippen LogP contribution < -0.4 is 0 Å². The molecule has 0 N–H and O–H groups in total. The largest absolute Gasteiger partial charge is 0.378 e. The molecule has 4 rings (SSSR count). The second kappa shape index (κ2) is 6.94. The number of morpholine rings is 1. The van der Waals surface area contributed by atoms with Crippen molar-refractivity contribution in [3.8, 4) is 0 Å². The molecule has 26 heavy (non-hydrogen) atoms. The summed E-state index contributed by atoms with van der Waals surface area (Å²) in [6.45, 7) is 6.85. The Morgan fingerprint density at radius 1 is 1.38 bits per heavy atom. The topological polar surface area (TPSA) is 83.8 Å². The number of rotatable bonds is 3. The summed E-state index contributed by atoms with van der Waals surface area (Å²) in [6.07, 6.45) is 1.63. The fourth-order valence-electron chi connectivity index (χ4n) is 3.72. The molecule has 1 saturated heterocycles. The molecule has 9 heteroatoms. The Balaban J connectivity index is 1.48. The molecule has 0 saturated carbocycles. The first-order valence-electron chi connectivity index (χ1n) is 9.11. The summed E-state index contributed by atoms with van der Waals surface area (Å²) in [5, 5.41) is 9.39. The highest BCUT2D eigenvalue weighted by Crippen LogP contribution is 2.51. The molecule has 0 aromatic heterocycles. The van der Waals surface area contributed by atoms with Gasteiger partial charge in [0.15, 0.2) is 0 Å². The quantitative estimate of drug-likeness (QED) is 0.742. The molecule has 4 aliphatic rings. The Morgan fingerprint density at radius 2 is 2.15 bits per heavy atom. The molecule has 0 aromatic rings. The first-order valence-corrected chi connectivity index (χ1v) is 9.99. The molecule has 8 nitrogen and oxygen atoms in total. The van der Waals surface area contributed by atoms with Crippen molar-refractivity contribution in [3.05, 3.63) is 10.5 Å². The highest BCUT2D eigenvalue weighted by molar-refractivity contribution is 8.04. The normalized spacial score (nSPS) is 34.2. The van der Waals surface area contributed by atoms with Gasteiger partial charge in [0.1, 0.15) is 11.9 Å². The van der Waals surface area contributed by atoms with E-state index >= 15 is 0 Å². The van der Waals surface area contributed by atoms with Crippen LogP contribution in [0.25, 0.3) is 0 Å². The highest BCUT2D eigenvalue weighted by atomic mass is 32.2. The van der Waals surface area contributed by atoms with E-state index in [2.05, 4.69) is 24.2 Å². The zero-order valence-corrected chi connectivity index (χ0v) is 16.0. The van der Waals surface area contributed by atoms with E-state index < -0.39 is 0 Å². The van der Waals surface area contributed by atoms with Gasteiger partial charge >= 0.3 is 0 Å². The van der Waals surface area contributed by atoms with Crippen molar-refractivity contribution < 1.29 is 19.1 Å². The molecule has 0 aromatic carbocycles. The molecule has 0 aliphatic carbocycles. The molecule has 4 aliphatic heterocycles. The number of nitrogens with zero attached hydrogens (tertiary/aromatic N) is 4. The van der Waals surface area contributed by atoms with Crippen molar-refractivity contribution in [3.63, 3.8) is 0 Å². The minimum absolute atomic E-state index is 0.0552. The monoisotopic (exact) mass is 380 g/mol. The molecule has 0 spiro atoms. The third-order valence-electron chi connectivity index (χ3n) is 5.59. The Labute approximate surface area is 156 Å². The van der Waals surface area contributed by atoms with E-state index in [4.69, 9.17) is 9.47 Å². The van der Waals surface area contributed by atoms with Gasteiger partial charge in [-0.25, -0.2) is 5.01 Å². The lowest BCUT2D eigenvalue weighted by Gasteiger charge is -2.36. The molecule has 2 amide bonds. The molecule has 142 valence electrons. The van der Waals surface area contributed by atoms with Gasteiger partial charge in [0, 0.05) is 18.0 Å². The molecule has 4 heterocycles. The smallest absolute Gasteiger partial charge is 0.254 e. The number of hydrogen-bond donors (Lipinski definition) is 0. The van der Waals surface area contributed by atoms with Crippen LogP contribution in [0.15, 0.2) is 20.8 Å². The summed E-state index contributed by atoms with van der Waals surface area (Å²) >= 11 is 1.58. The lowest BCUT2D eigenvalue weighted by atomic mass is 9.84. The summed E-state index contributed by atoms with van der Waals surface area (Å²) in [6, 6.07) is 0. The first kappa shape index (κ1) is 17.9. The van der Waals surface area contributed by atoms with Crippen LogP contribution in [0.1, 0.15) is 26.7 Å². The van der Waals surface area contributed by atoms with Crippen LogP contribution >= 0.6 is 11.8 Å². The van der Waals surface area contributed by atoms with Crippen LogP contribution in [0.4, 0.5) is 0 Å². The fraction of sp³-hybridized carbons (Fsp3) is 0.765. The number of ether oxygens (including phenoxy) is 2. The molecular formula is C17H24N4O4S. The number of amides is 2. The molecule has 1 fully saturated rings. The number of carbonyl (C=O) groups excluding carboxylic acids is 2. The maximum absolute atomic E-state index is 13.1. The van der Waals surface area contributed by atoms with E-state index in [9.17, 15) is 9.59 Å². The highest BCUT2D eigenvalue weighted by Gasteiger charge is 2.49. The first-order chi connectivity index (χ1) is 12.5. The van der Waals surface area contributed by atoms with E-state index in [0.29, 0.717) is 32.9 Å². The van der Waals surface area contributed by atoms with Gasteiger partial charge < -0.3 is 14.4 Å². The summed E-state index contributed by atoms with van der Waals surface area (Å²) in [7, 11) is 0. The van der Waals surface area contributed by atoms with Crippen LogP contribution in [0.3, 0.4) is 0 Å². The van der Waals surface area contributed by atoms with Crippen molar-refractivity contribution in [1.82, 2.24) is 9.91 Å². The predicted octanol–water partition coefficient (Wildman–Crippen LogP) is 1.59. The van der Waals surface area contributed by atoms with Crippen LogP contribution in [-0.2, 0) is 19.1 Å². The fourth-order valence-corrected chi connectivity index (χ4v) is 5.00. The zero-order valence-electron chi connectivity index (χ0n) is 15.1. The number of fused-ring (bicyclic) bond motifs is 2. The van der Waals surface area contributed by atoms with Gasteiger partial charge in [0.2, 0.25) is 5.91 Å². The predicted molar refractivity (Wildman–Crippen MR) is 95.1 cm³/mol. The van der Waals surface area contributed by atoms with Crippen molar-refractivity contribution in [1.29, 1.82) is 0 Å². The number of thioether (sulfide) groups is 1. The minimum Gasteiger partial charge on any atom is -0.378 e. The lowest BCUT2D eigenvalue weighted by Crippen LogP contribution is -2.48.